The van der Waals surface area contributed by atoms with Gasteiger partial charge >= 0.3 is 18.3 Å². The lowest BCUT2D eigenvalue weighted by atomic mass is 9.77. The molecule has 292 valence electrons. The lowest BCUT2D eigenvalue weighted by Gasteiger charge is -2.38. The number of aromatic nitrogens is 2. The summed E-state index contributed by atoms with van der Waals surface area (Å²) in [6.45, 7) is 9.69. The van der Waals surface area contributed by atoms with Gasteiger partial charge < -0.3 is 30.5 Å². The van der Waals surface area contributed by atoms with E-state index in [2.05, 4.69) is 26.4 Å². The van der Waals surface area contributed by atoms with Crippen LogP contribution in [-0.2, 0) is 26.9 Å². The molecule has 4 amide bonds. The minimum absolute atomic E-state index is 0.0679. The van der Waals surface area contributed by atoms with Crippen LogP contribution in [0.2, 0.25) is 0 Å². The summed E-state index contributed by atoms with van der Waals surface area (Å²) in [6.07, 6.45) is -2.02. The van der Waals surface area contributed by atoms with Crippen LogP contribution in [0.4, 0.5) is 25.9 Å². The molecule has 0 bridgehead atoms. The van der Waals surface area contributed by atoms with Crippen molar-refractivity contribution >= 4 is 41.7 Å². The first kappa shape index (κ1) is 41.4. The number of aryl methyl sites for hydroxylation is 1. The number of carbonyl (C=O) groups excluding carboxylic acids is 3. The smallest absolute Gasteiger partial charge is 0.417 e. The van der Waals surface area contributed by atoms with Gasteiger partial charge in [-0.25, -0.2) is 19.3 Å². The minimum atomic E-state index is -1.48. The van der Waals surface area contributed by atoms with E-state index in [1.165, 1.54) is 6.20 Å². The molecule has 0 spiro atoms. The monoisotopic (exact) mass is 754 g/mol. The fourth-order valence-electron chi connectivity index (χ4n) is 5.87. The Labute approximate surface area is 320 Å². The number of ether oxygens (including phenoxy) is 2. The fraction of sp³-hybridized carbons (Fsp3) is 0.350. The molecule has 1 heterocycles. The van der Waals surface area contributed by atoms with E-state index in [4.69, 9.17) is 14.9 Å². The standard InChI is InChI=1S/C40H50N8O7/c1-38(2,3)54-36(52)45-34(41)48(37(53)55-39(4,5)6)31(24-17-25-42-35(50)51)33(49)44-30-26-43-47(7)32(30)46-40(27-18-11-8-12-19-27,28-20-13-9-14-21-28)29-22-15-10-16-23-29/h8-16,18-23,26,31,42,46H,17,24-25H2,1-7H3,(H,44,49)(H,50,51)(H2,41,45,52)/t31-/m0/s1. The summed E-state index contributed by atoms with van der Waals surface area (Å²) in [5.74, 6) is -1.14. The van der Waals surface area contributed by atoms with E-state index < -0.39 is 52.9 Å². The predicted octanol–water partition coefficient (Wildman–Crippen LogP) is 6.88. The zero-order valence-corrected chi connectivity index (χ0v) is 32.2. The molecule has 4 rings (SSSR count). The molecule has 0 unspecified atom stereocenters. The molecule has 0 aliphatic heterocycles. The van der Waals surface area contributed by atoms with Gasteiger partial charge in [-0.2, -0.15) is 5.10 Å². The van der Waals surface area contributed by atoms with Gasteiger partial charge in [0.05, 0.1) is 6.20 Å². The molecule has 1 aromatic heterocycles. The molecule has 0 fully saturated rings. The molecule has 55 heavy (non-hydrogen) atoms. The molecule has 6 N–H and O–H groups in total. The van der Waals surface area contributed by atoms with Gasteiger partial charge in [0.1, 0.15) is 34.3 Å². The first-order valence-corrected chi connectivity index (χ1v) is 17.8. The van der Waals surface area contributed by atoms with Gasteiger partial charge in [-0.15, -0.1) is 0 Å². The van der Waals surface area contributed by atoms with Gasteiger partial charge in [0.2, 0.25) is 11.9 Å². The third-order valence-electron chi connectivity index (χ3n) is 8.12. The minimum Gasteiger partial charge on any atom is -0.465 e. The van der Waals surface area contributed by atoms with Crippen molar-refractivity contribution in [3.05, 3.63) is 114 Å². The van der Waals surface area contributed by atoms with E-state index in [0.29, 0.717) is 5.82 Å². The maximum absolute atomic E-state index is 14.5. The van der Waals surface area contributed by atoms with Crippen LogP contribution in [0.1, 0.15) is 71.1 Å². The molecule has 0 radical (unpaired) electrons. The number of nitrogens with zero attached hydrogens (tertiary/aromatic N) is 3. The van der Waals surface area contributed by atoms with Gasteiger partial charge in [0.15, 0.2) is 0 Å². The molecule has 15 heteroatoms. The van der Waals surface area contributed by atoms with Crippen LogP contribution in [0.3, 0.4) is 0 Å². The van der Waals surface area contributed by atoms with Crippen molar-refractivity contribution in [2.75, 3.05) is 17.2 Å². The third kappa shape index (κ3) is 11.1. The fourth-order valence-corrected chi connectivity index (χ4v) is 5.87. The average molecular weight is 755 g/mol. The molecule has 15 nitrogen and oxygen atoms in total. The number of hydrogen-bond acceptors (Lipinski definition) is 9. The topological polar surface area (TPSA) is 200 Å². The quantitative estimate of drug-likeness (QED) is 0.0386. The van der Waals surface area contributed by atoms with Crippen molar-refractivity contribution < 1.29 is 33.8 Å². The first-order chi connectivity index (χ1) is 25.9. The van der Waals surface area contributed by atoms with E-state index in [1.54, 1.807) is 53.3 Å². The van der Waals surface area contributed by atoms with Crippen molar-refractivity contribution in [1.29, 1.82) is 5.41 Å². The van der Waals surface area contributed by atoms with E-state index in [1.807, 2.05) is 91.0 Å². The van der Waals surface area contributed by atoms with Crippen molar-refractivity contribution in [3.8, 4) is 0 Å². The molecule has 1 atom stereocenters. The summed E-state index contributed by atoms with van der Waals surface area (Å²) in [5, 5.41) is 33.6. The maximum Gasteiger partial charge on any atom is 0.417 e. The highest BCUT2D eigenvalue weighted by molar-refractivity contribution is 6.06. The molecule has 3 aromatic carbocycles. The highest BCUT2D eigenvalue weighted by Crippen LogP contribution is 2.41. The molecule has 0 saturated heterocycles. The van der Waals surface area contributed by atoms with Gasteiger partial charge in [-0.05, 0) is 71.1 Å². The molecule has 4 aromatic rings. The number of guanidine groups is 1. The van der Waals surface area contributed by atoms with E-state index in [9.17, 15) is 24.3 Å². The van der Waals surface area contributed by atoms with Crippen molar-refractivity contribution in [2.24, 2.45) is 7.05 Å². The SMILES string of the molecule is Cn1ncc(NC(=O)[C@H](CCCNC(=O)O)N(C(=N)NC(=O)OC(C)(C)C)C(=O)OC(C)(C)C)c1NC(c1ccccc1)(c1ccccc1)c1ccccc1. The van der Waals surface area contributed by atoms with E-state index in [0.717, 1.165) is 21.6 Å². The maximum atomic E-state index is 14.5. The van der Waals surface area contributed by atoms with Gasteiger partial charge in [-0.1, -0.05) is 91.0 Å². The predicted molar refractivity (Wildman–Crippen MR) is 209 cm³/mol. The van der Waals surface area contributed by atoms with Gasteiger partial charge in [0, 0.05) is 13.6 Å². The third-order valence-corrected chi connectivity index (χ3v) is 8.12. The summed E-state index contributed by atoms with van der Waals surface area (Å²) < 4.78 is 12.5. The summed E-state index contributed by atoms with van der Waals surface area (Å²) in [6, 6.07) is 28.0. The molecule has 0 saturated carbocycles. The summed E-state index contributed by atoms with van der Waals surface area (Å²) in [5.41, 5.74) is -0.0558. The van der Waals surface area contributed by atoms with Crippen LogP contribution in [0.25, 0.3) is 0 Å². The van der Waals surface area contributed by atoms with Crippen LogP contribution in [0, 0.1) is 5.41 Å². The summed E-state index contributed by atoms with van der Waals surface area (Å²) in [7, 11) is 1.71. The second-order valence-corrected chi connectivity index (χ2v) is 14.7. The Morgan fingerprint density at radius 2 is 1.31 bits per heavy atom. The lowest BCUT2D eigenvalue weighted by molar-refractivity contribution is -0.120. The largest absolute Gasteiger partial charge is 0.465 e. The van der Waals surface area contributed by atoms with E-state index in [-0.39, 0.29) is 25.1 Å². The summed E-state index contributed by atoms with van der Waals surface area (Å²) in [4.78, 5) is 53.0. The van der Waals surface area contributed by atoms with Crippen molar-refractivity contribution in [2.45, 2.75) is 77.2 Å². The highest BCUT2D eigenvalue weighted by atomic mass is 16.6. The zero-order chi connectivity index (χ0) is 40.4. The van der Waals surface area contributed by atoms with Crippen LogP contribution < -0.4 is 21.3 Å². The van der Waals surface area contributed by atoms with Crippen molar-refractivity contribution in [3.63, 3.8) is 0 Å². The average Bonchev–Trinajstić information content (AvgIpc) is 3.44. The molecule has 0 aliphatic carbocycles. The van der Waals surface area contributed by atoms with Crippen LogP contribution in [-0.4, -0.2) is 73.7 Å². The normalized spacial score (nSPS) is 12.1. The first-order valence-electron chi connectivity index (χ1n) is 17.8. The Morgan fingerprint density at radius 1 is 0.818 bits per heavy atom. The van der Waals surface area contributed by atoms with Crippen LogP contribution in [0.15, 0.2) is 97.2 Å². The Morgan fingerprint density at radius 3 is 1.76 bits per heavy atom. The molecular weight excluding hydrogens is 704 g/mol. The number of rotatable bonds is 12. The molecular formula is C40H50N8O7. The number of amides is 4. The number of hydrogen-bond donors (Lipinski definition) is 6. The van der Waals surface area contributed by atoms with Gasteiger partial charge in [0.25, 0.3) is 0 Å². The Hall–Kier alpha value is -6.38. The second-order valence-electron chi connectivity index (χ2n) is 14.7. The number of nitrogens with one attached hydrogen (secondary N) is 5. The number of alkyl carbamates (subject to hydrolysis) is 1. The highest BCUT2D eigenvalue weighted by Gasteiger charge is 2.40. The van der Waals surface area contributed by atoms with Gasteiger partial charge in [-0.3, -0.25) is 20.2 Å². The zero-order valence-electron chi connectivity index (χ0n) is 32.2. The van der Waals surface area contributed by atoms with Crippen LogP contribution in [0.5, 0.6) is 0 Å². The number of carbonyl (C=O) groups is 4. The van der Waals surface area contributed by atoms with Crippen LogP contribution >= 0.6 is 0 Å². The lowest BCUT2D eigenvalue weighted by Crippen LogP contribution is -2.57. The van der Waals surface area contributed by atoms with E-state index >= 15 is 0 Å². The second kappa shape index (κ2) is 17.6. The number of benzene rings is 3. The number of carboxylic acid groups (broad SMARTS) is 1. The number of anilines is 2. The Bertz CT molecular complexity index is 1840. The Kier molecular flexibility index (Phi) is 13.3. The van der Waals surface area contributed by atoms with Crippen molar-refractivity contribution in [1.82, 2.24) is 25.3 Å². The molecule has 0 aliphatic rings. The Balaban J connectivity index is 1.80. The summed E-state index contributed by atoms with van der Waals surface area (Å²) >= 11 is 0.